The normalized spacial score (nSPS) is 12.1. The topological polar surface area (TPSA) is 307 Å². The summed E-state index contributed by atoms with van der Waals surface area (Å²) in [4.78, 5) is 81.8. The quantitative estimate of drug-likeness (QED) is 0.0343. The fourth-order valence-electron chi connectivity index (χ4n) is 3.26. The molecule has 0 rings (SSSR count). The van der Waals surface area contributed by atoms with Crippen LogP contribution in [0, 0.1) is 0 Å². The number of esters is 2. The predicted molar refractivity (Wildman–Crippen MR) is 161 cm³/mol. The van der Waals surface area contributed by atoms with Gasteiger partial charge in [-0.2, -0.15) is 0 Å². The van der Waals surface area contributed by atoms with Gasteiger partial charge in [0.05, 0.1) is 45.9 Å². The summed E-state index contributed by atoms with van der Waals surface area (Å²) in [6.07, 6.45) is -1.39. The molecule has 0 aromatic rings. The van der Waals surface area contributed by atoms with Crippen molar-refractivity contribution in [3.8, 4) is 0 Å². The van der Waals surface area contributed by atoms with Crippen molar-refractivity contribution in [3.05, 3.63) is 0 Å². The molecule has 0 aliphatic rings. The third kappa shape index (κ3) is 27.6. The molecule has 46 heavy (non-hydrogen) atoms. The summed E-state index contributed by atoms with van der Waals surface area (Å²) in [5, 5.41) is 56.3. The van der Waals surface area contributed by atoms with E-state index in [2.05, 4.69) is 10.1 Å². The highest BCUT2D eigenvalue weighted by atomic mass is 16.6. The SMILES string of the molecule is C[C@@H](O)C(=O)OCCCN.C[C@@H](O)C(=O)OCCCNC(=O)CN(CCN(CCN(CC(=O)O)CC(=O)O)CC(=O)O)CC(=O)O.[HH].[HH]. The molecule has 1 amide bonds. The highest BCUT2D eigenvalue weighted by molar-refractivity contribution is 5.79. The predicted octanol–water partition coefficient (Wildman–Crippen LogP) is -3.59. The minimum absolute atomic E-state index is 0. The number of rotatable bonds is 25. The molecule has 0 fully saturated rings. The summed E-state index contributed by atoms with van der Waals surface area (Å²) < 4.78 is 9.32. The fourth-order valence-corrected chi connectivity index (χ4v) is 3.26. The van der Waals surface area contributed by atoms with Crippen LogP contribution in [0.1, 0.15) is 29.5 Å². The van der Waals surface area contributed by atoms with Crippen LogP contribution in [-0.2, 0) is 43.0 Å². The summed E-state index contributed by atoms with van der Waals surface area (Å²) in [6.45, 7) is 1.01. The zero-order valence-electron chi connectivity index (χ0n) is 26.0. The zero-order valence-corrected chi connectivity index (χ0v) is 26.0. The second-order valence-corrected chi connectivity index (χ2v) is 9.81. The maximum atomic E-state index is 12.2. The Labute approximate surface area is 268 Å². The van der Waals surface area contributed by atoms with Crippen molar-refractivity contribution >= 4 is 41.7 Å². The molecule has 0 spiro atoms. The third-order valence-corrected chi connectivity index (χ3v) is 5.43. The van der Waals surface area contributed by atoms with E-state index in [9.17, 15) is 33.6 Å². The van der Waals surface area contributed by atoms with E-state index in [0.29, 0.717) is 19.6 Å². The van der Waals surface area contributed by atoms with Crippen LogP contribution in [-0.4, -0.2) is 184 Å². The van der Waals surface area contributed by atoms with Gasteiger partial charge in [-0.3, -0.25) is 38.7 Å². The molecule has 2 atom stereocenters. The van der Waals surface area contributed by atoms with Crippen molar-refractivity contribution in [2.75, 3.05) is 85.2 Å². The first-order valence-corrected chi connectivity index (χ1v) is 14.2. The molecule has 20 heteroatoms. The smallest absolute Gasteiger partial charge is 0.334 e. The number of carboxylic acid groups (broad SMARTS) is 4. The lowest BCUT2D eigenvalue weighted by molar-refractivity contribution is -0.153. The van der Waals surface area contributed by atoms with Crippen LogP contribution in [0.15, 0.2) is 0 Å². The van der Waals surface area contributed by atoms with E-state index in [1.165, 1.54) is 23.6 Å². The van der Waals surface area contributed by atoms with Gasteiger partial charge in [-0.1, -0.05) is 0 Å². The Balaban J connectivity index is -0.000000694. The molecule has 20 nitrogen and oxygen atoms in total. The fraction of sp³-hybridized carbons (Fsp3) is 0.731. The summed E-state index contributed by atoms with van der Waals surface area (Å²) in [7, 11) is 0. The van der Waals surface area contributed by atoms with E-state index in [-0.39, 0.29) is 55.1 Å². The van der Waals surface area contributed by atoms with Crippen LogP contribution in [0.25, 0.3) is 0 Å². The molecule has 0 aliphatic heterocycles. The lowest BCUT2D eigenvalue weighted by atomic mass is 10.3. The van der Waals surface area contributed by atoms with Crippen LogP contribution in [0.3, 0.4) is 0 Å². The van der Waals surface area contributed by atoms with Crippen LogP contribution in [0.2, 0.25) is 0 Å². The molecule has 9 N–H and O–H groups in total. The molecular formula is C26H51N5O15. The van der Waals surface area contributed by atoms with Gasteiger partial charge in [-0.05, 0) is 33.2 Å². The van der Waals surface area contributed by atoms with Gasteiger partial charge < -0.3 is 51.2 Å². The van der Waals surface area contributed by atoms with Gasteiger partial charge in [-0.15, -0.1) is 0 Å². The van der Waals surface area contributed by atoms with Crippen molar-refractivity contribution < 1.29 is 76.5 Å². The van der Waals surface area contributed by atoms with Crippen molar-refractivity contribution in [1.29, 1.82) is 0 Å². The number of aliphatic hydroxyl groups excluding tert-OH is 2. The Hall–Kier alpha value is -3.95. The van der Waals surface area contributed by atoms with Gasteiger partial charge >= 0.3 is 35.8 Å². The van der Waals surface area contributed by atoms with Gasteiger partial charge in [0.1, 0.15) is 12.2 Å². The first kappa shape index (κ1) is 44.2. The number of amides is 1. The zero-order chi connectivity index (χ0) is 35.7. The van der Waals surface area contributed by atoms with Gasteiger partial charge in [0.2, 0.25) is 5.91 Å². The molecule has 0 saturated heterocycles. The number of carboxylic acids is 4. The monoisotopic (exact) mass is 673 g/mol. The van der Waals surface area contributed by atoms with Gasteiger partial charge in [-0.25, -0.2) is 9.59 Å². The largest absolute Gasteiger partial charge is 0.480 e. The maximum Gasteiger partial charge on any atom is 0.334 e. The number of nitrogens with two attached hydrogens (primary N) is 1. The number of carbonyl (C=O) groups excluding carboxylic acids is 3. The molecule has 0 aromatic heterocycles. The number of aliphatic hydroxyl groups is 2. The molecule has 0 heterocycles. The lowest BCUT2D eigenvalue weighted by Crippen LogP contribution is -2.46. The number of hydrogen-bond acceptors (Lipinski definition) is 15. The number of nitrogens with one attached hydrogen (secondary N) is 1. The molecule has 0 bridgehead atoms. The molecule has 0 saturated carbocycles. The van der Waals surface area contributed by atoms with Crippen LogP contribution in [0.5, 0.6) is 0 Å². The Morgan fingerprint density at radius 1 is 0.630 bits per heavy atom. The molecule has 0 unspecified atom stereocenters. The van der Waals surface area contributed by atoms with Gasteiger partial charge in [0.25, 0.3) is 0 Å². The minimum Gasteiger partial charge on any atom is -0.480 e. The standard InChI is InChI=1S/C20H34N4O12.C6H13NO3.2H2/c1-14(25)20(35)36-8-2-3-21-15(26)9-23(11-17(29)30)6-4-22(10-16(27)28)5-7-24(12-18(31)32)13-19(33)34;1-5(8)6(9)10-4-2-3-7;;/h14,25H,2-13H2,1H3,(H,21,26)(H,27,28)(H,29,30)(H,31,32)(H,33,34);5,8H,2-4,7H2,1H3;2*1H/t14-;5-;;/m11../s1. The maximum absolute atomic E-state index is 12.2. The Kier molecular flexibility index (Phi) is 25.2. The summed E-state index contributed by atoms with van der Waals surface area (Å²) >= 11 is 0. The Bertz CT molecular complexity index is 960. The van der Waals surface area contributed by atoms with E-state index in [1.54, 1.807) is 0 Å². The second-order valence-electron chi connectivity index (χ2n) is 9.81. The van der Waals surface area contributed by atoms with E-state index >= 15 is 0 Å². The number of hydrogen-bond donors (Lipinski definition) is 8. The number of carbonyl (C=O) groups is 7. The Morgan fingerprint density at radius 3 is 1.35 bits per heavy atom. The molecule has 0 aliphatic carbocycles. The van der Waals surface area contributed by atoms with E-state index in [1.807, 2.05) is 0 Å². The average molecular weight is 674 g/mol. The van der Waals surface area contributed by atoms with Gasteiger partial charge in [0, 0.05) is 35.6 Å². The number of ether oxygens (including phenoxy) is 2. The van der Waals surface area contributed by atoms with E-state index < -0.39 is 80.1 Å². The van der Waals surface area contributed by atoms with E-state index in [4.69, 9.17) is 41.1 Å². The van der Waals surface area contributed by atoms with Crippen molar-refractivity contribution in [3.63, 3.8) is 0 Å². The molecule has 0 aromatic carbocycles. The van der Waals surface area contributed by atoms with Crippen molar-refractivity contribution in [1.82, 2.24) is 20.0 Å². The molecule has 0 radical (unpaired) electrons. The number of nitrogens with zero attached hydrogens (tertiary/aromatic N) is 3. The number of aliphatic carboxylic acids is 4. The average Bonchev–Trinajstić information content (AvgIpc) is 2.93. The van der Waals surface area contributed by atoms with Crippen LogP contribution in [0.4, 0.5) is 0 Å². The first-order chi connectivity index (χ1) is 21.5. The highest BCUT2D eigenvalue weighted by Crippen LogP contribution is 1.98. The second kappa shape index (κ2) is 26.3. The highest BCUT2D eigenvalue weighted by Gasteiger charge is 2.19. The first-order valence-electron chi connectivity index (χ1n) is 14.2. The molecular weight excluding hydrogens is 622 g/mol. The third-order valence-electron chi connectivity index (χ3n) is 5.43. The van der Waals surface area contributed by atoms with Crippen molar-refractivity contribution in [2.45, 2.75) is 38.9 Å². The van der Waals surface area contributed by atoms with Crippen molar-refractivity contribution in [2.24, 2.45) is 5.73 Å². The van der Waals surface area contributed by atoms with Crippen LogP contribution >= 0.6 is 0 Å². The van der Waals surface area contributed by atoms with E-state index in [0.717, 1.165) is 4.90 Å². The summed E-state index contributed by atoms with van der Waals surface area (Å²) in [6, 6.07) is 0. The minimum atomic E-state index is -1.26. The summed E-state index contributed by atoms with van der Waals surface area (Å²) in [5.74, 6) is -6.82. The lowest BCUT2D eigenvalue weighted by Gasteiger charge is -2.27. The molecule has 270 valence electrons. The van der Waals surface area contributed by atoms with Gasteiger partial charge in [0.15, 0.2) is 0 Å². The summed E-state index contributed by atoms with van der Waals surface area (Å²) in [5.41, 5.74) is 5.14. The van der Waals surface area contributed by atoms with Crippen LogP contribution < -0.4 is 11.1 Å². The Morgan fingerprint density at radius 2 is 0.978 bits per heavy atom.